The maximum absolute atomic E-state index is 12.9. The van der Waals surface area contributed by atoms with Crippen LogP contribution in [0.3, 0.4) is 0 Å². The third-order valence-corrected chi connectivity index (χ3v) is 1.65. The molecule has 0 atom stereocenters. The minimum absolute atomic E-state index is 0.189. The van der Waals surface area contributed by atoms with Gasteiger partial charge in [-0.25, -0.2) is 14.4 Å². The fourth-order valence-corrected chi connectivity index (χ4v) is 0.931. The van der Waals surface area contributed by atoms with Crippen LogP contribution in [0.15, 0.2) is 12.5 Å². The van der Waals surface area contributed by atoms with Crippen LogP contribution in [0.2, 0.25) is 0 Å². The zero-order chi connectivity index (χ0) is 8.39. The highest BCUT2D eigenvalue weighted by Gasteiger charge is 2.19. The van der Waals surface area contributed by atoms with E-state index in [-0.39, 0.29) is 11.9 Å². The Hall–Kier alpha value is -1.23. The van der Waals surface area contributed by atoms with Crippen LogP contribution in [0.1, 0.15) is 0 Å². The molecule has 0 unspecified atom stereocenters. The van der Waals surface area contributed by atoms with Crippen molar-refractivity contribution >= 4 is 5.82 Å². The fraction of sp³-hybridized carbons (Fsp3) is 0.429. The standard InChI is InChI=1S/C7H8FN3O/c8-6-1-9-4-10-7(6)11-5-2-12-3-5/h1,4-5H,2-3H2,(H,9,10,11). The van der Waals surface area contributed by atoms with Crippen LogP contribution >= 0.6 is 0 Å². The Bertz CT molecular complexity index is 277. The number of aromatic nitrogens is 2. The van der Waals surface area contributed by atoms with Gasteiger partial charge < -0.3 is 10.1 Å². The number of nitrogens with zero attached hydrogens (tertiary/aromatic N) is 2. The SMILES string of the molecule is Fc1cncnc1NC1COC1. The topological polar surface area (TPSA) is 47.0 Å². The summed E-state index contributed by atoms with van der Waals surface area (Å²) in [6, 6.07) is 0.189. The molecule has 1 aliphatic heterocycles. The second kappa shape index (κ2) is 3.02. The van der Waals surface area contributed by atoms with Gasteiger partial charge in [-0.05, 0) is 0 Å². The molecule has 2 heterocycles. The van der Waals surface area contributed by atoms with Crippen LogP contribution in [-0.4, -0.2) is 29.2 Å². The molecule has 0 amide bonds. The summed E-state index contributed by atoms with van der Waals surface area (Å²) in [5, 5.41) is 2.90. The lowest BCUT2D eigenvalue weighted by molar-refractivity contribution is 0.0208. The van der Waals surface area contributed by atoms with Gasteiger partial charge in [-0.1, -0.05) is 0 Å². The van der Waals surface area contributed by atoms with E-state index < -0.39 is 5.82 Å². The van der Waals surface area contributed by atoms with Crippen molar-refractivity contribution < 1.29 is 9.13 Å². The van der Waals surface area contributed by atoms with E-state index in [1.165, 1.54) is 6.33 Å². The minimum Gasteiger partial charge on any atom is -0.377 e. The molecule has 1 saturated heterocycles. The minimum atomic E-state index is -0.426. The first kappa shape index (κ1) is 7.42. The van der Waals surface area contributed by atoms with E-state index in [9.17, 15) is 4.39 Å². The molecule has 1 fully saturated rings. The molecule has 2 rings (SSSR count). The number of nitrogens with one attached hydrogen (secondary N) is 1. The number of hydrogen-bond acceptors (Lipinski definition) is 4. The molecule has 1 aromatic heterocycles. The largest absolute Gasteiger partial charge is 0.377 e. The summed E-state index contributed by atoms with van der Waals surface area (Å²) < 4.78 is 17.8. The number of hydrogen-bond donors (Lipinski definition) is 1. The molecule has 0 spiro atoms. The highest BCUT2D eigenvalue weighted by atomic mass is 19.1. The van der Waals surface area contributed by atoms with Crippen molar-refractivity contribution in [2.45, 2.75) is 6.04 Å². The Labute approximate surface area is 68.8 Å². The van der Waals surface area contributed by atoms with Crippen LogP contribution in [0.25, 0.3) is 0 Å². The first-order valence-electron chi connectivity index (χ1n) is 3.66. The normalized spacial score (nSPS) is 17.1. The van der Waals surface area contributed by atoms with Gasteiger partial charge in [-0.15, -0.1) is 0 Å². The van der Waals surface area contributed by atoms with E-state index in [0.717, 1.165) is 6.20 Å². The summed E-state index contributed by atoms with van der Waals surface area (Å²) in [6.45, 7) is 1.23. The Kier molecular flexibility index (Phi) is 1.87. The maximum atomic E-state index is 12.9. The Morgan fingerprint density at radius 1 is 1.58 bits per heavy atom. The molecule has 1 aliphatic rings. The van der Waals surface area contributed by atoms with Gasteiger partial charge in [0.25, 0.3) is 0 Å². The van der Waals surface area contributed by atoms with Crippen LogP contribution in [0.5, 0.6) is 0 Å². The first-order chi connectivity index (χ1) is 5.86. The Morgan fingerprint density at radius 3 is 3.00 bits per heavy atom. The quantitative estimate of drug-likeness (QED) is 0.697. The predicted octanol–water partition coefficient (Wildman–Crippen LogP) is 0.426. The summed E-state index contributed by atoms with van der Waals surface area (Å²) in [6.07, 6.45) is 2.44. The monoisotopic (exact) mass is 169 g/mol. The summed E-state index contributed by atoms with van der Waals surface area (Å²) in [7, 11) is 0. The van der Waals surface area contributed by atoms with E-state index in [1.54, 1.807) is 0 Å². The van der Waals surface area contributed by atoms with E-state index in [4.69, 9.17) is 4.74 Å². The summed E-state index contributed by atoms with van der Waals surface area (Å²) in [5.41, 5.74) is 0. The van der Waals surface area contributed by atoms with Gasteiger partial charge in [0.1, 0.15) is 6.33 Å². The summed E-state index contributed by atoms with van der Waals surface area (Å²) >= 11 is 0. The predicted molar refractivity (Wildman–Crippen MR) is 40.2 cm³/mol. The first-order valence-corrected chi connectivity index (χ1v) is 3.66. The molecule has 0 radical (unpaired) electrons. The van der Waals surface area contributed by atoms with Gasteiger partial charge in [-0.3, -0.25) is 0 Å². The second-order valence-corrected chi connectivity index (χ2v) is 2.60. The zero-order valence-corrected chi connectivity index (χ0v) is 6.33. The molecule has 4 nitrogen and oxygen atoms in total. The van der Waals surface area contributed by atoms with Crippen molar-refractivity contribution in [2.24, 2.45) is 0 Å². The lowest BCUT2D eigenvalue weighted by Crippen LogP contribution is -2.40. The van der Waals surface area contributed by atoms with E-state index in [0.29, 0.717) is 13.2 Å². The van der Waals surface area contributed by atoms with E-state index >= 15 is 0 Å². The molecule has 0 saturated carbocycles. The van der Waals surface area contributed by atoms with Crippen molar-refractivity contribution in [1.82, 2.24) is 9.97 Å². The molecule has 0 aliphatic carbocycles. The average molecular weight is 169 g/mol. The van der Waals surface area contributed by atoms with Crippen LogP contribution < -0.4 is 5.32 Å². The van der Waals surface area contributed by atoms with Gasteiger partial charge in [0.2, 0.25) is 0 Å². The van der Waals surface area contributed by atoms with Crippen molar-refractivity contribution in [3.8, 4) is 0 Å². The van der Waals surface area contributed by atoms with Crippen molar-refractivity contribution in [2.75, 3.05) is 18.5 Å². The van der Waals surface area contributed by atoms with Crippen LogP contribution in [-0.2, 0) is 4.74 Å². The molecule has 1 aromatic rings. The van der Waals surface area contributed by atoms with Crippen LogP contribution in [0, 0.1) is 5.82 Å². The maximum Gasteiger partial charge on any atom is 0.183 e. The van der Waals surface area contributed by atoms with Crippen molar-refractivity contribution in [3.63, 3.8) is 0 Å². The van der Waals surface area contributed by atoms with Gasteiger partial charge in [0.15, 0.2) is 11.6 Å². The highest BCUT2D eigenvalue weighted by Crippen LogP contribution is 2.12. The highest BCUT2D eigenvalue weighted by molar-refractivity contribution is 5.35. The molecular formula is C7H8FN3O. The van der Waals surface area contributed by atoms with E-state index in [1.807, 2.05) is 0 Å². The van der Waals surface area contributed by atoms with Crippen molar-refractivity contribution in [1.29, 1.82) is 0 Å². The van der Waals surface area contributed by atoms with Gasteiger partial charge >= 0.3 is 0 Å². The fourth-order valence-electron chi connectivity index (χ4n) is 0.931. The molecule has 0 bridgehead atoms. The summed E-state index contributed by atoms with van der Waals surface area (Å²) in [5.74, 6) is -0.178. The number of ether oxygens (including phenoxy) is 1. The third-order valence-electron chi connectivity index (χ3n) is 1.65. The lowest BCUT2D eigenvalue weighted by Gasteiger charge is -2.27. The molecular weight excluding hydrogens is 161 g/mol. The Balaban J connectivity index is 2.06. The third kappa shape index (κ3) is 1.35. The number of anilines is 1. The smallest absolute Gasteiger partial charge is 0.183 e. The Morgan fingerprint density at radius 2 is 2.42 bits per heavy atom. The van der Waals surface area contributed by atoms with Gasteiger partial charge in [0, 0.05) is 0 Å². The lowest BCUT2D eigenvalue weighted by atomic mass is 10.2. The molecule has 5 heteroatoms. The zero-order valence-electron chi connectivity index (χ0n) is 6.33. The molecule has 1 N–H and O–H groups in total. The average Bonchev–Trinajstić information content (AvgIpc) is 2.00. The van der Waals surface area contributed by atoms with Gasteiger partial charge in [0.05, 0.1) is 25.5 Å². The second-order valence-electron chi connectivity index (χ2n) is 2.60. The van der Waals surface area contributed by atoms with E-state index in [2.05, 4.69) is 15.3 Å². The molecule has 12 heavy (non-hydrogen) atoms. The number of rotatable bonds is 2. The van der Waals surface area contributed by atoms with Crippen LogP contribution in [0.4, 0.5) is 10.2 Å². The van der Waals surface area contributed by atoms with Gasteiger partial charge in [-0.2, -0.15) is 0 Å². The van der Waals surface area contributed by atoms with Crippen molar-refractivity contribution in [3.05, 3.63) is 18.3 Å². The molecule has 64 valence electrons. The summed E-state index contributed by atoms with van der Waals surface area (Å²) in [4.78, 5) is 7.29. The molecule has 0 aromatic carbocycles. The number of halogens is 1.